The van der Waals surface area contributed by atoms with Crippen LogP contribution < -0.4 is 9.47 Å². The monoisotopic (exact) mass is 357 g/mol. The van der Waals surface area contributed by atoms with E-state index in [-0.39, 0.29) is 17.2 Å². The molecule has 0 saturated heterocycles. The highest BCUT2D eigenvalue weighted by Gasteiger charge is 2.30. The molecule has 2 heterocycles. The number of nitrogens with one attached hydrogen (secondary N) is 1. The summed E-state index contributed by atoms with van der Waals surface area (Å²) in [5, 5.41) is 7.40. The summed E-state index contributed by atoms with van der Waals surface area (Å²) in [7, 11) is 3.45. The predicted octanol–water partition coefficient (Wildman–Crippen LogP) is 2.93. The van der Waals surface area contributed by atoms with Gasteiger partial charge in [-0.2, -0.15) is 5.10 Å². The second-order valence-electron chi connectivity index (χ2n) is 7.88. The summed E-state index contributed by atoms with van der Waals surface area (Å²) in [6.07, 6.45) is 0.659. The molecule has 0 unspecified atom stereocenters. The van der Waals surface area contributed by atoms with Crippen LogP contribution in [0.1, 0.15) is 37.7 Å². The molecule has 3 rings (SSSR count). The molecule has 0 aliphatic carbocycles. The largest absolute Gasteiger partial charge is 0.493 e. The van der Waals surface area contributed by atoms with Crippen LogP contribution in [0.5, 0.6) is 11.5 Å². The summed E-state index contributed by atoms with van der Waals surface area (Å²) in [6, 6.07) is 7.82. The maximum Gasteiger partial charge on any atom is 0.229 e. The quantitative estimate of drug-likeness (QED) is 0.914. The number of methoxy groups -OCH3 is 1. The smallest absolute Gasteiger partial charge is 0.229 e. The third-order valence-electron chi connectivity index (χ3n) is 4.71. The van der Waals surface area contributed by atoms with E-state index in [1.807, 2.05) is 31.3 Å². The van der Waals surface area contributed by atoms with Crippen LogP contribution in [-0.4, -0.2) is 41.8 Å². The summed E-state index contributed by atoms with van der Waals surface area (Å²) in [6.45, 7) is 7.23. The number of ether oxygens (including phenoxy) is 2. The van der Waals surface area contributed by atoms with Gasteiger partial charge in [-0.3, -0.25) is 9.89 Å². The highest BCUT2D eigenvalue weighted by Crippen LogP contribution is 2.36. The van der Waals surface area contributed by atoms with Crippen molar-refractivity contribution >= 4 is 5.91 Å². The first-order chi connectivity index (χ1) is 12.3. The minimum atomic E-state index is -0.190. The Morgan fingerprint density at radius 3 is 2.85 bits per heavy atom. The van der Waals surface area contributed by atoms with Gasteiger partial charge < -0.3 is 14.4 Å². The lowest BCUT2D eigenvalue weighted by atomic mass is 9.92. The zero-order valence-corrected chi connectivity index (χ0v) is 16.1. The number of carbonyl (C=O) groups is 1. The van der Waals surface area contributed by atoms with E-state index in [9.17, 15) is 4.79 Å². The number of nitrogens with zero attached hydrogens (tertiary/aromatic N) is 2. The highest BCUT2D eigenvalue weighted by molar-refractivity contribution is 5.79. The van der Waals surface area contributed by atoms with Crippen LogP contribution in [-0.2, 0) is 23.2 Å². The van der Waals surface area contributed by atoms with Crippen LogP contribution in [0.15, 0.2) is 24.3 Å². The van der Waals surface area contributed by atoms with Crippen LogP contribution in [0.4, 0.5) is 0 Å². The van der Waals surface area contributed by atoms with Crippen molar-refractivity contribution in [3.63, 3.8) is 0 Å². The Labute approximate surface area is 154 Å². The molecule has 1 aromatic carbocycles. The van der Waals surface area contributed by atoms with E-state index in [0.717, 1.165) is 22.7 Å². The van der Waals surface area contributed by atoms with Gasteiger partial charge in [-0.15, -0.1) is 0 Å². The number of aromatic nitrogens is 2. The van der Waals surface area contributed by atoms with Gasteiger partial charge >= 0.3 is 0 Å². The Hall–Kier alpha value is -2.50. The van der Waals surface area contributed by atoms with Gasteiger partial charge in [0.05, 0.1) is 31.0 Å². The molecule has 0 spiro atoms. The van der Waals surface area contributed by atoms with E-state index in [1.165, 1.54) is 0 Å². The van der Waals surface area contributed by atoms with E-state index in [0.29, 0.717) is 25.3 Å². The van der Waals surface area contributed by atoms with Crippen LogP contribution in [0.3, 0.4) is 0 Å². The van der Waals surface area contributed by atoms with Gasteiger partial charge in [0.1, 0.15) is 6.61 Å². The van der Waals surface area contributed by atoms with Gasteiger partial charge in [-0.1, -0.05) is 32.9 Å². The van der Waals surface area contributed by atoms with Gasteiger partial charge in [0.25, 0.3) is 0 Å². The summed E-state index contributed by atoms with van der Waals surface area (Å²) in [5.41, 5.74) is 2.93. The van der Waals surface area contributed by atoms with Crippen LogP contribution in [0.2, 0.25) is 0 Å². The topological polar surface area (TPSA) is 67.5 Å². The second kappa shape index (κ2) is 7.02. The van der Waals surface area contributed by atoms with Crippen molar-refractivity contribution in [2.24, 2.45) is 5.92 Å². The molecule has 6 heteroatoms. The molecule has 26 heavy (non-hydrogen) atoms. The van der Waals surface area contributed by atoms with Gasteiger partial charge in [-0.25, -0.2) is 0 Å². The van der Waals surface area contributed by atoms with E-state index in [1.54, 1.807) is 12.0 Å². The normalized spacial score (nSPS) is 16.6. The van der Waals surface area contributed by atoms with Gasteiger partial charge in [0, 0.05) is 12.5 Å². The molecular weight excluding hydrogens is 330 g/mol. The highest BCUT2D eigenvalue weighted by atomic mass is 16.5. The molecule has 1 atom stereocenters. The van der Waals surface area contributed by atoms with E-state index >= 15 is 0 Å². The van der Waals surface area contributed by atoms with Crippen molar-refractivity contribution in [1.82, 2.24) is 15.1 Å². The first kappa shape index (κ1) is 18.3. The molecular formula is C20H27N3O3. The maximum absolute atomic E-state index is 12.9. The number of benzene rings is 1. The standard InChI is InChI=1S/C20H27N3O3/c1-20(2,3)17-10-15(21-22-17)11-23(4)19(24)14-9-13-7-6-8-16(25-5)18(13)26-12-14/h6-8,10,14H,9,11-12H2,1-5H3,(H,21,22)/t14-/m0/s1. The number of H-pyrrole nitrogens is 1. The summed E-state index contributed by atoms with van der Waals surface area (Å²) in [5.74, 6) is 1.36. The SMILES string of the molecule is COc1cccc2c1OC[C@@H](C(=O)N(C)Cc1cc(C(C)(C)C)n[nH]1)C2. The molecule has 0 radical (unpaired) electrons. The van der Waals surface area contributed by atoms with E-state index in [2.05, 4.69) is 31.0 Å². The fourth-order valence-corrected chi connectivity index (χ4v) is 3.19. The Bertz CT molecular complexity index is 792. The number of aromatic amines is 1. The minimum absolute atomic E-state index is 0.0166. The molecule has 2 aromatic rings. The summed E-state index contributed by atoms with van der Waals surface area (Å²) in [4.78, 5) is 14.6. The van der Waals surface area contributed by atoms with E-state index in [4.69, 9.17) is 9.47 Å². The Morgan fingerprint density at radius 2 is 2.19 bits per heavy atom. The fourth-order valence-electron chi connectivity index (χ4n) is 3.19. The molecule has 0 saturated carbocycles. The van der Waals surface area contributed by atoms with Gasteiger partial charge in [-0.05, 0) is 24.1 Å². The van der Waals surface area contributed by atoms with Crippen molar-refractivity contribution in [2.45, 2.75) is 39.2 Å². The second-order valence-corrected chi connectivity index (χ2v) is 7.88. The van der Waals surface area contributed by atoms with Crippen molar-refractivity contribution in [1.29, 1.82) is 0 Å². The maximum atomic E-state index is 12.9. The van der Waals surface area contributed by atoms with Crippen molar-refractivity contribution in [3.05, 3.63) is 41.2 Å². The number of rotatable bonds is 4. The average molecular weight is 357 g/mol. The van der Waals surface area contributed by atoms with Crippen LogP contribution >= 0.6 is 0 Å². The number of fused-ring (bicyclic) bond motifs is 1. The molecule has 0 fully saturated rings. The zero-order valence-electron chi connectivity index (χ0n) is 16.1. The number of amides is 1. The van der Waals surface area contributed by atoms with Crippen LogP contribution in [0, 0.1) is 5.92 Å². The molecule has 1 aliphatic heterocycles. The third kappa shape index (κ3) is 3.69. The van der Waals surface area contributed by atoms with Crippen molar-refractivity contribution in [2.75, 3.05) is 20.8 Å². The molecule has 0 bridgehead atoms. The first-order valence-corrected chi connectivity index (χ1v) is 8.88. The van der Waals surface area contributed by atoms with Gasteiger partial charge in [0.15, 0.2) is 11.5 Å². The Kier molecular flexibility index (Phi) is 4.94. The molecule has 1 aromatic heterocycles. The molecule has 1 amide bonds. The lowest BCUT2D eigenvalue weighted by molar-refractivity contribution is -0.136. The lowest BCUT2D eigenvalue weighted by Gasteiger charge is -2.28. The zero-order chi connectivity index (χ0) is 18.9. The fraction of sp³-hybridized carbons (Fsp3) is 0.500. The summed E-state index contributed by atoms with van der Waals surface area (Å²) >= 11 is 0. The molecule has 6 nitrogen and oxygen atoms in total. The van der Waals surface area contributed by atoms with Crippen LogP contribution in [0.25, 0.3) is 0 Å². The predicted molar refractivity (Wildman–Crippen MR) is 99.4 cm³/mol. The Morgan fingerprint density at radius 1 is 1.42 bits per heavy atom. The third-order valence-corrected chi connectivity index (χ3v) is 4.71. The minimum Gasteiger partial charge on any atom is -0.493 e. The average Bonchev–Trinajstić information content (AvgIpc) is 3.08. The first-order valence-electron chi connectivity index (χ1n) is 8.88. The van der Waals surface area contributed by atoms with E-state index < -0.39 is 0 Å². The van der Waals surface area contributed by atoms with Gasteiger partial charge in [0.2, 0.25) is 5.91 Å². The summed E-state index contributed by atoms with van der Waals surface area (Å²) < 4.78 is 11.2. The number of hydrogen-bond acceptors (Lipinski definition) is 4. The molecule has 140 valence electrons. The number of para-hydroxylation sites is 1. The Balaban J connectivity index is 1.67. The lowest BCUT2D eigenvalue weighted by Crippen LogP contribution is -2.38. The van der Waals surface area contributed by atoms with Crippen molar-refractivity contribution < 1.29 is 14.3 Å². The number of hydrogen-bond donors (Lipinski definition) is 1. The molecule has 1 aliphatic rings. The molecule has 1 N–H and O–H groups in total. The number of carbonyl (C=O) groups excluding carboxylic acids is 1. The van der Waals surface area contributed by atoms with Crippen molar-refractivity contribution in [3.8, 4) is 11.5 Å².